The van der Waals surface area contributed by atoms with E-state index in [1.54, 1.807) is 0 Å². The second-order valence-corrected chi connectivity index (χ2v) is 25.1. The molecule has 0 radical (unpaired) electrons. The van der Waals surface area contributed by atoms with Gasteiger partial charge in [0, 0.05) is 65.9 Å². The number of para-hydroxylation sites is 2. The Bertz CT molecular complexity index is 4490. The third-order valence-corrected chi connectivity index (χ3v) is 18.6. The van der Waals surface area contributed by atoms with Crippen molar-refractivity contribution in [1.82, 2.24) is 4.57 Å². The molecule has 12 aromatic rings. The lowest BCUT2D eigenvalue weighted by Gasteiger charge is -2.42. The Labute approximate surface area is 432 Å². The average molecular weight is 957 g/mol. The van der Waals surface area contributed by atoms with Crippen molar-refractivity contribution >= 4 is 94.8 Å². The van der Waals surface area contributed by atoms with Crippen LogP contribution in [0, 0.1) is 0 Å². The average Bonchev–Trinajstić information content (AvgIpc) is 4.32. The molecule has 5 heteroatoms. The minimum atomic E-state index is -0.254. The predicted octanol–water partition coefficient (Wildman–Crippen LogP) is 17.4. The zero-order chi connectivity index (χ0) is 50.1. The number of aromatic nitrogens is 1. The van der Waals surface area contributed by atoms with E-state index in [1.165, 1.54) is 124 Å². The van der Waals surface area contributed by atoms with Gasteiger partial charge in [0.25, 0.3) is 0 Å². The van der Waals surface area contributed by atoms with Gasteiger partial charge in [0.1, 0.15) is 22.3 Å². The first-order valence-electron chi connectivity index (χ1n) is 26.8. The van der Waals surface area contributed by atoms with E-state index < -0.39 is 0 Å². The summed E-state index contributed by atoms with van der Waals surface area (Å²) in [5.74, 6) is 0. The largest absolute Gasteiger partial charge is 0.456 e. The summed E-state index contributed by atoms with van der Waals surface area (Å²) >= 11 is 0. The molecule has 0 fully saturated rings. The molecule has 4 aliphatic rings. The summed E-state index contributed by atoms with van der Waals surface area (Å²) in [5, 5.41) is 7.09. The van der Waals surface area contributed by atoms with Crippen molar-refractivity contribution < 1.29 is 8.83 Å². The molecule has 5 heterocycles. The van der Waals surface area contributed by atoms with Crippen LogP contribution in [0.15, 0.2) is 167 Å². The van der Waals surface area contributed by atoms with Crippen molar-refractivity contribution in [3.8, 4) is 39.1 Å². The van der Waals surface area contributed by atoms with E-state index in [9.17, 15) is 0 Å². The number of rotatable bonds is 2. The Morgan fingerprint density at radius 3 is 1.89 bits per heavy atom. The van der Waals surface area contributed by atoms with Crippen LogP contribution in [-0.2, 0) is 21.7 Å². The normalized spacial score (nSPS) is 16.6. The van der Waals surface area contributed by atoms with Gasteiger partial charge in [-0.05, 0) is 157 Å². The highest BCUT2D eigenvalue weighted by Gasteiger charge is 2.49. The molecule has 358 valence electrons. The second kappa shape index (κ2) is 13.9. The standard InChI is InChI=1S/C69H57BN2O2/c1-66(2,3)40-25-28-54-47(31-40)60-61-43-20-14-16-22-58(43)74-65(61)62-48-32-44-45-33-51-52(68(6,7)30-29-67(51,4)5)35-49(45)69(8,9)50(44)36-55(48)72(41-26-23-39(24-27-41)38-17-11-10-12-18-38)70-53-37-59-46(42-19-13-15-21-57(42)73-59)34-56(53)71(54)64(60)63(62)70/h10-28,31-37H,29-30H2,1-9H3. The molecule has 2 aliphatic carbocycles. The summed E-state index contributed by atoms with van der Waals surface area (Å²) in [4.78, 5) is 2.69. The summed E-state index contributed by atoms with van der Waals surface area (Å²) in [6, 6.07) is 59.8. The van der Waals surface area contributed by atoms with Gasteiger partial charge in [0.2, 0.25) is 0 Å². The third kappa shape index (κ3) is 5.40. The molecule has 2 aliphatic heterocycles. The number of benzene rings is 9. The van der Waals surface area contributed by atoms with Crippen molar-refractivity contribution in [3.63, 3.8) is 0 Å². The fraction of sp³-hybridized carbons (Fsp3) is 0.217. The number of furan rings is 2. The molecular formula is C69H57BN2O2. The van der Waals surface area contributed by atoms with Gasteiger partial charge in [-0.2, -0.15) is 0 Å². The topological polar surface area (TPSA) is 34.5 Å². The van der Waals surface area contributed by atoms with Gasteiger partial charge < -0.3 is 18.2 Å². The van der Waals surface area contributed by atoms with Crippen LogP contribution in [-0.4, -0.2) is 11.4 Å². The third-order valence-electron chi connectivity index (χ3n) is 18.6. The van der Waals surface area contributed by atoms with Crippen LogP contribution in [0.2, 0.25) is 0 Å². The van der Waals surface area contributed by atoms with Gasteiger partial charge >= 0.3 is 6.85 Å². The SMILES string of the molecule is CC(C)(C)c1ccc2c(c1)c1c3c(oc4ccccc43)c3c4c1n2-c1cc2c(cc1B4N(c1ccc(-c4ccccc4)cc1)c1cc4c(cc1-3)-c1cc3c(cc1C4(C)C)C(C)(C)CCC3(C)C)oc1ccccc12. The summed E-state index contributed by atoms with van der Waals surface area (Å²) in [7, 11) is 0. The van der Waals surface area contributed by atoms with Gasteiger partial charge in [-0.1, -0.05) is 153 Å². The molecule has 16 rings (SSSR count). The van der Waals surface area contributed by atoms with Crippen LogP contribution < -0.4 is 15.7 Å². The first-order chi connectivity index (χ1) is 35.6. The van der Waals surface area contributed by atoms with Crippen molar-refractivity contribution in [1.29, 1.82) is 0 Å². The minimum Gasteiger partial charge on any atom is -0.456 e. The maximum atomic E-state index is 7.46. The highest BCUT2D eigenvalue weighted by atomic mass is 16.3. The zero-order valence-electron chi connectivity index (χ0n) is 43.7. The molecule has 0 unspecified atom stereocenters. The zero-order valence-corrected chi connectivity index (χ0v) is 43.7. The number of hydrogen-bond acceptors (Lipinski definition) is 3. The van der Waals surface area contributed by atoms with Crippen LogP contribution in [0.1, 0.15) is 103 Å². The number of fused-ring (bicyclic) bond motifs is 20. The molecule has 0 saturated carbocycles. The van der Waals surface area contributed by atoms with Crippen LogP contribution in [0.5, 0.6) is 0 Å². The van der Waals surface area contributed by atoms with Crippen molar-refractivity contribution in [2.75, 3.05) is 4.81 Å². The lowest BCUT2D eigenvalue weighted by molar-refractivity contribution is 0.331. The van der Waals surface area contributed by atoms with Crippen LogP contribution in [0.4, 0.5) is 11.4 Å². The highest BCUT2D eigenvalue weighted by molar-refractivity contribution is 6.94. The fourth-order valence-corrected chi connectivity index (χ4v) is 14.5. The minimum absolute atomic E-state index is 0.0623. The van der Waals surface area contributed by atoms with Crippen molar-refractivity contribution in [3.05, 3.63) is 186 Å². The Balaban J connectivity index is 1.10. The predicted molar refractivity (Wildman–Crippen MR) is 311 cm³/mol. The Morgan fingerprint density at radius 2 is 1.15 bits per heavy atom. The van der Waals surface area contributed by atoms with Gasteiger partial charge in [-0.25, -0.2) is 0 Å². The smallest absolute Gasteiger partial charge is 0.333 e. The number of nitrogens with zero attached hydrogens (tertiary/aromatic N) is 2. The van der Waals surface area contributed by atoms with Gasteiger partial charge in [-0.3, -0.25) is 0 Å². The molecule has 0 saturated heterocycles. The van der Waals surface area contributed by atoms with E-state index >= 15 is 0 Å². The number of hydrogen-bond donors (Lipinski definition) is 0. The van der Waals surface area contributed by atoms with E-state index in [2.05, 4.69) is 229 Å². The molecule has 4 nitrogen and oxygen atoms in total. The van der Waals surface area contributed by atoms with Crippen LogP contribution >= 0.6 is 0 Å². The van der Waals surface area contributed by atoms with Crippen molar-refractivity contribution in [2.24, 2.45) is 0 Å². The van der Waals surface area contributed by atoms with Gasteiger partial charge in [-0.15, -0.1) is 0 Å². The maximum absolute atomic E-state index is 7.46. The van der Waals surface area contributed by atoms with E-state index in [1.807, 2.05) is 0 Å². The molecule has 0 atom stereocenters. The second-order valence-electron chi connectivity index (χ2n) is 25.1. The van der Waals surface area contributed by atoms with Crippen LogP contribution in [0.25, 0.3) is 105 Å². The van der Waals surface area contributed by atoms with Crippen molar-refractivity contribution in [2.45, 2.75) is 96.8 Å². The Morgan fingerprint density at radius 1 is 0.500 bits per heavy atom. The molecule has 0 amide bonds. The molecule has 3 aromatic heterocycles. The van der Waals surface area contributed by atoms with Crippen LogP contribution in [0.3, 0.4) is 0 Å². The van der Waals surface area contributed by atoms with Gasteiger partial charge in [0.05, 0.1) is 11.0 Å². The molecule has 0 spiro atoms. The summed E-state index contributed by atoms with van der Waals surface area (Å²) in [5.41, 5.74) is 26.6. The molecule has 74 heavy (non-hydrogen) atoms. The van der Waals surface area contributed by atoms with E-state index in [-0.39, 0.29) is 28.5 Å². The summed E-state index contributed by atoms with van der Waals surface area (Å²) in [6.45, 7) is 21.5. The van der Waals surface area contributed by atoms with E-state index in [4.69, 9.17) is 8.83 Å². The molecular weight excluding hydrogens is 900 g/mol. The monoisotopic (exact) mass is 956 g/mol. The summed E-state index contributed by atoms with van der Waals surface area (Å²) < 4.78 is 17.0. The fourth-order valence-electron chi connectivity index (χ4n) is 14.5. The molecule has 9 aromatic carbocycles. The molecule has 0 bridgehead atoms. The highest BCUT2D eigenvalue weighted by Crippen LogP contribution is 2.59. The maximum Gasteiger partial charge on any atom is 0.333 e. The Kier molecular flexibility index (Phi) is 8.02. The van der Waals surface area contributed by atoms with E-state index in [0.29, 0.717) is 0 Å². The quantitative estimate of drug-likeness (QED) is 0.162. The van der Waals surface area contributed by atoms with E-state index in [0.717, 1.165) is 44.2 Å². The first-order valence-corrected chi connectivity index (χ1v) is 26.8. The van der Waals surface area contributed by atoms with Gasteiger partial charge in [0.15, 0.2) is 0 Å². The molecule has 0 N–H and O–H groups in total. The number of anilines is 2. The Hall–Kier alpha value is -7.76. The summed E-state index contributed by atoms with van der Waals surface area (Å²) in [6.07, 6.45) is 2.35. The lowest BCUT2D eigenvalue weighted by atomic mass is 9.43. The lowest BCUT2D eigenvalue weighted by Crippen LogP contribution is -2.60. The first kappa shape index (κ1) is 42.7.